The lowest BCUT2D eigenvalue weighted by Crippen LogP contribution is -2.32. The summed E-state index contributed by atoms with van der Waals surface area (Å²) in [5, 5.41) is 1.37. The molecule has 3 nitrogen and oxygen atoms in total. The molecular formula is C24H13ClF2N2OS. The summed E-state index contributed by atoms with van der Waals surface area (Å²) >= 11 is 8.09. The largest absolute Gasteiger partial charge is 0.282 e. The second-order valence-corrected chi connectivity index (χ2v) is 8.31. The number of amidine groups is 1. The van der Waals surface area contributed by atoms with E-state index in [4.69, 9.17) is 11.6 Å². The van der Waals surface area contributed by atoms with Crippen LogP contribution in [0.3, 0.4) is 0 Å². The second kappa shape index (κ2) is 7.72. The number of rotatable bonds is 3. The van der Waals surface area contributed by atoms with Gasteiger partial charge < -0.3 is 0 Å². The fourth-order valence-electron chi connectivity index (χ4n) is 3.37. The van der Waals surface area contributed by atoms with Gasteiger partial charge in [-0.05, 0) is 54.1 Å². The molecule has 3 aromatic carbocycles. The molecular weight excluding hydrogens is 438 g/mol. The van der Waals surface area contributed by atoms with Gasteiger partial charge in [0.2, 0.25) is 0 Å². The maximum absolute atomic E-state index is 13.5. The van der Waals surface area contributed by atoms with Crippen molar-refractivity contribution in [3.8, 4) is 0 Å². The lowest BCUT2D eigenvalue weighted by Gasteiger charge is -2.17. The number of hydrogen-bond acceptors (Lipinski definition) is 3. The van der Waals surface area contributed by atoms with Crippen molar-refractivity contribution >= 4 is 56.5 Å². The summed E-state index contributed by atoms with van der Waals surface area (Å²) in [6.45, 7) is 0. The zero-order chi connectivity index (χ0) is 21.5. The van der Waals surface area contributed by atoms with Crippen LogP contribution in [0.1, 0.15) is 10.4 Å². The Labute approximate surface area is 185 Å². The van der Waals surface area contributed by atoms with Crippen molar-refractivity contribution in [3.63, 3.8) is 0 Å². The molecule has 152 valence electrons. The number of carbonyl (C=O) groups excluding carboxylic acids is 1. The van der Waals surface area contributed by atoms with E-state index in [1.807, 2.05) is 24.3 Å². The van der Waals surface area contributed by atoms with Crippen molar-refractivity contribution in [3.05, 3.63) is 106 Å². The van der Waals surface area contributed by atoms with Crippen molar-refractivity contribution in [1.82, 2.24) is 0 Å². The number of carbonyl (C=O) groups is 1. The zero-order valence-corrected chi connectivity index (χ0v) is 17.4. The van der Waals surface area contributed by atoms with E-state index in [2.05, 4.69) is 4.99 Å². The van der Waals surface area contributed by atoms with E-state index in [1.165, 1.54) is 52.6 Å². The lowest BCUT2D eigenvalue weighted by atomic mass is 10.2. The molecule has 0 unspecified atom stereocenters. The van der Waals surface area contributed by atoms with Crippen LogP contribution in [0.2, 0.25) is 5.02 Å². The van der Waals surface area contributed by atoms with Crippen molar-refractivity contribution in [1.29, 1.82) is 0 Å². The van der Waals surface area contributed by atoms with E-state index in [1.54, 1.807) is 18.2 Å². The lowest BCUT2D eigenvalue weighted by molar-refractivity contribution is -0.113. The highest BCUT2D eigenvalue weighted by Crippen LogP contribution is 2.39. The summed E-state index contributed by atoms with van der Waals surface area (Å²) in [4.78, 5) is 20.0. The number of hydrogen-bond donors (Lipinski definition) is 0. The molecule has 0 saturated heterocycles. The number of aliphatic imine (C=N–C) groups is 1. The summed E-state index contributed by atoms with van der Waals surface area (Å²) < 4.78 is 27.7. The van der Waals surface area contributed by atoms with Crippen molar-refractivity contribution < 1.29 is 13.6 Å². The molecule has 0 bridgehead atoms. The maximum atomic E-state index is 13.5. The molecule has 0 radical (unpaired) electrons. The fourth-order valence-corrected chi connectivity index (χ4v) is 4.87. The third kappa shape index (κ3) is 3.54. The number of benzene rings is 3. The van der Waals surface area contributed by atoms with E-state index >= 15 is 0 Å². The van der Waals surface area contributed by atoms with Gasteiger partial charge in [-0.15, -0.1) is 11.3 Å². The first-order chi connectivity index (χ1) is 15.0. The molecule has 0 saturated carbocycles. The topological polar surface area (TPSA) is 32.7 Å². The standard InChI is InChI=1S/C24H13ClF2N2OS/c25-21-18-3-1-2-4-20(18)31-22(21)23-28-19(13-14-5-7-15(26)8-6-14)24(30)29(23)17-11-9-16(27)10-12-17/h1-13H/b19-13+. The van der Waals surface area contributed by atoms with Gasteiger partial charge in [0, 0.05) is 10.1 Å². The summed E-state index contributed by atoms with van der Waals surface area (Å²) in [5.74, 6) is -0.777. The van der Waals surface area contributed by atoms with Crippen LogP contribution in [-0.2, 0) is 4.79 Å². The Kier molecular flexibility index (Phi) is 4.88. The predicted octanol–water partition coefficient (Wildman–Crippen LogP) is 6.67. The van der Waals surface area contributed by atoms with Crippen LogP contribution in [0.25, 0.3) is 16.2 Å². The average molecular weight is 451 g/mol. The Morgan fingerprint density at radius 3 is 2.23 bits per heavy atom. The van der Waals surface area contributed by atoms with Crippen LogP contribution in [0.4, 0.5) is 14.5 Å². The van der Waals surface area contributed by atoms with Gasteiger partial charge in [0.05, 0.1) is 15.6 Å². The van der Waals surface area contributed by atoms with Gasteiger partial charge in [-0.2, -0.15) is 0 Å². The van der Waals surface area contributed by atoms with E-state index < -0.39 is 5.82 Å². The van der Waals surface area contributed by atoms with Crippen LogP contribution in [-0.4, -0.2) is 11.7 Å². The van der Waals surface area contributed by atoms with Crippen LogP contribution in [0, 0.1) is 11.6 Å². The highest BCUT2D eigenvalue weighted by Gasteiger charge is 2.35. The first-order valence-corrected chi connectivity index (χ1v) is 10.5. The minimum Gasteiger partial charge on any atom is -0.266 e. The van der Waals surface area contributed by atoms with Crippen molar-refractivity contribution in [2.24, 2.45) is 4.99 Å². The normalized spacial score (nSPS) is 15.2. The molecule has 0 spiro atoms. The highest BCUT2D eigenvalue weighted by atomic mass is 35.5. The van der Waals surface area contributed by atoms with Gasteiger partial charge in [0.25, 0.3) is 5.91 Å². The Morgan fingerprint density at radius 2 is 1.55 bits per heavy atom. The molecule has 0 fully saturated rings. The van der Waals surface area contributed by atoms with Crippen molar-refractivity contribution in [2.45, 2.75) is 0 Å². The maximum Gasteiger partial charge on any atom is 0.282 e. The average Bonchev–Trinajstić information content (AvgIpc) is 3.28. The van der Waals surface area contributed by atoms with Crippen LogP contribution < -0.4 is 4.90 Å². The number of anilines is 1. The summed E-state index contributed by atoms with van der Waals surface area (Å²) in [6, 6.07) is 19.0. The molecule has 1 aromatic heterocycles. The number of fused-ring (bicyclic) bond motifs is 1. The molecule has 0 aliphatic carbocycles. The quantitative estimate of drug-likeness (QED) is 0.321. The summed E-state index contributed by atoms with van der Waals surface area (Å²) in [5.41, 5.74) is 1.29. The minimum atomic E-state index is -0.407. The molecule has 4 aromatic rings. The Morgan fingerprint density at radius 1 is 0.903 bits per heavy atom. The van der Waals surface area contributed by atoms with E-state index in [9.17, 15) is 13.6 Å². The highest BCUT2D eigenvalue weighted by molar-refractivity contribution is 7.21. The number of thiophene rings is 1. The second-order valence-electron chi connectivity index (χ2n) is 6.87. The third-order valence-electron chi connectivity index (χ3n) is 4.86. The number of nitrogens with zero attached hydrogens (tertiary/aromatic N) is 2. The molecule has 0 atom stereocenters. The monoisotopic (exact) mass is 450 g/mol. The molecule has 2 heterocycles. The molecule has 7 heteroatoms. The Balaban J connectivity index is 1.68. The van der Waals surface area contributed by atoms with Crippen molar-refractivity contribution in [2.75, 3.05) is 4.90 Å². The fraction of sp³-hybridized carbons (Fsp3) is 0. The SMILES string of the molecule is O=C1/C(=C\c2ccc(F)cc2)N=C(c2sc3ccccc3c2Cl)N1c1ccc(F)cc1. The Bertz CT molecular complexity index is 1380. The molecule has 0 N–H and O–H groups in total. The summed E-state index contributed by atoms with van der Waals surface area (Å²) in [7, 11) is 0. The van der Waals surface area contributed by atoms with Gasteiger partial charge in [0.1, 0.15) is 17.3 Å². The van der Waals surface area contributed by atoms with E-state index in [-0.39, 0.29) is 17.4 Å². The van der Waals surface area contributed by atoms with E-state index in [0.29, 0.717) is 27.0 Å². The van der Waals surface area contributed by atoms with Gasteiger partial charge in [-0.25, -0.2) is 13.8 Å². The van der Waals surface area contributed by atoms with E-state index in [0.717, 1.165) is 10.1 Å². The number of halogens is 3. The first-order valence-electron chi connectivity index (χ1n) is 9.34. The van der Waals surface area contributed by atoms with Gasteiger partial charge >= 0.3 is 0 Å². The molecule has 1 aliphatic heterocycles. The van der Waals surface area contributed by atoms with Gasteiger partial charge in [-0.1, -0.05) is 41.9 Å². The molecule has 5 rings (SSSR count). The molecule has 31 heavy (non-hydrogen) atoms. The Hall–Kier alpha value is -3.35. The van der Waals surface area contributed by atoms with Crippen LogP contribution in [0.15, 0.2) is 83.5 Å². The first kappa shape index (κ1) is 19.6. The predicted molar refractivity (Wildman–Crippen MR) is 122 cm³/mol. The van der Waals surface area contributed by atoms with Crippen LogP contribution >= 0.6 is 22.9 Å². The minimum absolute atomic E-state index is 0.180. The molecule has 1 amide bonds. The summed E-state index contributed by atoms with van der Waals surface area (Å²) in [6.07, 6.45) is 1.59. The smallest absolute Gasteiger partial charge is 0.266 e. The third-order valence-corrected chi connectivity index (χ3v) is 6.53. The molecule has 1 aliphatic rings. The number of amides is 1. The van der Waals surface area contributed by atoms with Gasteiger partial charge in [-0.3, -0.25) is 9.69 Å². The van der Waals surface area contributed by atoms with Gasteiger partial charge in [0.15, 0.2) is 5.84 Å². The zero-order valence-electron chi connectivity index (χ0n) is 15.9. The van der Waals surface area contributed by atoms with Crippen LogP contribution in [0.5, 0.6) is 0 Å².